The quantitative estimate of drug-likeness (QED) is 0.741. The molecule has 0 atom stereocenters. The fraction of sp³-hybridized carbons (Fsp3) is 0.750. The zero-order valence-electron chi connectivity index (χ0n) is 10.2. The summed E-state index contributed by atoms with van der Waals surface area (Å²) in [6, 6.07) is 0.633. The van der Waals surface area contributed by atoms with E-state index in [-0.39, 0.29) is 0 Å². The number of hydrogen-bond acceptors (Lipinski definition) is 2. The van der Waals surface area contributed by atoms with Crippen LogP contribution >= 0.6 is 0 Å². The zero-order valence-corrected chi connectivity index (χ0v) is 10.2. The summed E-state index contributed by atoms with van der Waals surface area (Å²) in [4.78, 5) is 7.04. The average molecular weight is 207 g/mol. The van der Waals surface area contributed by atoms with Gasteiger partial charge in [0.15, 0.2) is 0 Å². The lowest BCUT2D eigenvalue weighted by atomic mass is 10.1. The lowest BCUT2D eigenvalue weighted by Gasteiger charge is -2.32. The van der Waals surface area contributed by atoms with Gasteiger partial charge in [-0.3, -0.25) is 4.90 Å². The Morgan fingerprint density at radius 2 is 1.93 bits per heavy atom. The van der Waals surface area contributed by atoms with Gasteiger partial charge in [-0.05, 0) is 19.8 Å². The van der Waals surface area contributed by atoms with E-state index in [4.69, 9.17) is 0 Å². The van der Waals surface area contributed by atoms with E-state index in [9.17, 15) is 0 Å². The predicted octanol–water partition coefficient (Wildman–Crippen LogP) is 2.23. The van der Waals surface area contributed by atoms with Crippen molar-refractivity contribution in [2.45, 2.75) is 52.7 Å². The Morgan fingerprint density at radius 1 is 1.20 bits per heavy atom. The number of hydrogen-bond donors (Lipinski definition) is 0. The minimum atomic E-state index is 0.536. The molecule has 2 rings (SSSR count). The smallest absolute Gasteiger partial charge is 0.0952 e. The molecule has 1 aromatic rings. The minimum Gasteiger partial charge on any atom is -0.332 e. The maximum absolute atomic E-state index is 4.53. The van der Waals surface area contributed by atoms with Crippen LogP contribution in [0, 0.1) is 0 Å². The third-order valence-corrected chi connectivity index (χ3v) is 3.24. The molecule has 0 spiro atoms. The summed E-state index contributed by atoms with van der Waals surface area (Å²) in [5, 5.41) is 0. The molecule has 0 radical (unpaired) electrons. The standard InChI is InChI=1S/C12H21N3/c1-9(2)12-11-7-14(10(3)4)5-6-15(11)8-13-12/h8-10H,5-7H2,1-4H3. The van der Waals surface area contributed by atoms with Crippen molar-refractivity contribution in [1.29, 1.82) is 0 Å². The van der Waals surface area contributed by atoms with Crippen LogP contribution in [0.25, 0.3) is 0 Å². The second kappa shape index (κ2) is 3.97. The largest absolute Gasteiger partial charge is 0.332 e. The van der Waals surface area contributed by atoms with E-state index < -0.39 is 0 Å². The maximum atomic E-state index is 4.53. The third kappa shape index (κ3) is 1.93. The highest BCUT2D eigenvalue weighted by molar-refractivity contribution is 5.18. The fourth-order valence-corrected chi connectivity index (χ4v) is 2.22. The summed E-state index contributed by atoms with van der Waals surface area (Å²) in [7, 11) is 0. The molecule has 0 unspecified atom stereocenters. The summed E-state index contributed by atoms with van der Waals surface area (Å²) in [5.41, 5.74) is 2.70. The molecule has 1 aromatic heterocycles. The van der Waals surface area contributed by atoms with Crippen LogP contribution in [0.15, 0.2) is 6.33 Å². The lowest BCUT2D eigenvalue weighted by Crippen LogP contribution is -2.38. The number of rotatable bonds is 2. The Balaban J connectivity index is 2.26. The Bertz CT molecular complexity index is 339. The summed E-state index contributed by atoms with van der Waals surface area (Å²) in [5.74, 6) is 0.536. The van der Waals surface area contributed by atoms with E-state index in [0.717, 1.165) is 19.6 Å². The second-order valence-electron chi connectivity index (χ2n) is 4.99. The Kier molecular flexibility index (Phi) is 2.83. The van der Waals surface area contributed by atoms with Gasteiger partial charge in [0.25, 0.3) is 0 Å². The van der Waals surface area contributed by atoms with Crippen LogP contribution in [0.3, 0.4) is 0 Å². The predicted molar refractivity (Wildman–Crippen MR) is 61.9 cm³/mol. The Morgan fingerprint density at radius 3 is 2.53 bits per heavy atom. The first-order valence-electron chi connectivity index (χ1n) is 5.87. The highest BCUT2D eigenvalue weighted by atomic mass is 15.2. The Hall–Kier alpha value is -0.830. The molecule has 0 amide bonds. The lowest BCUT2D eigenvalue weighted by molar-refractivity contribution is 0.176. The molecule has 3 heteroatoms. The van der Waals surface area contributed by atoms with E-state index in [2.05, 4.69) is 42.1 Å². The van der Waals surface area contributed by atoms with Gasteiger partial charge >= 0.3 is 0 Å². The molecule has 0 fully saturated rings. The van der Waals surface area contributed by atoms with Gasteiger partial charge in [0.1, 0.15) is 0 Å². The maximum Gasteiger partial charge on any atom is 0.0952 e. The topological polar surface area (TPSA) is 21.1 Å². The first-order valence-corrected chi connectivity index (χ1v) is 5.87. The minimum absolute atomic E-state index is 0.536. The van der Waals surface area contributed by atoms with Gasteiger partial charge in [-0.25, -0.2) is 4.98 Å². The van der Waals surface area contributed by atoms with Crippen molar-refractivity contribution >= 4 is 0 Å². The summed E-state index contributed by atoms with van der Waals surface area (Å²) >= 11 is 0. The molecule has 0 aliphatic carbocycles. The van der Waals surface area contributed by atoms with E-state index in [1.165, 1.54) is 11.4 Å². The van der Waals surface area contributed by atoms with Gasteiger partial charge in [0, 0.05) is 25.7 Å². The van der Waals surface area contributed by atoms with Gasteiger partial charge in [0.2, 0.25) is 0 Å². The molecule has 2 heterocycles. The van der Waals surface area contributed by atoms with Crippen molar-refractivity contribution in [2.24, 2.45) is 0 Å². The molecule has 0 bridgehead atoms. The van der Waals surface area contributed by atoms with Gasteiger partial charge in [-0.15, -0.1) is 0 Å². The van der Waals surface area contributed by atoms with E-state index >= 15 is 0 Å². The molecular formula is C12H21N3. The fourth-order valence-electron chi connectivity index (χ4n) is 2.22. The summed E-state index contributed by atoms with van der Waals surface area (Å²) < 4.78 is 2.31. The van der Waals surface area contributed by atoms with Crippen LogP contribution in [-0.4, -0.2) is 27.0 Å². The molecule has 3 nitrogen and oxygen atoms in total. The van der Waals surface area contributed by atoms with Crippen molar-refractivity contribution < 1.29 is 0 Å². The van der Waals surface area contributed by atoms with Crippen LogP contribution in [0.1, 0.15) is 45.0 Å². The van der Waals surface area contributed by atoms with Crippen molar-refractivity contribution in [3.63, 3.8) is 0 Å². The number of aromatic nitrogens is 2. The molecule has 0 aromatic carbocycles. The third-order valence-electron chi connectivity index (χ3n) is 3.24. The van der Waals surface area contributed by atoms with Crippen molar-refractivity contribution in [1.82, 2.24) is 14.5 Å². The molecule has 15 heavy (non-hydrogen) atoms. The van der Waals surface area contributed by atoms with Crippen LogP contribution in [0.2, 0.25) is 0 Å². The van der Waals surface area contributed by atoms with E-state index in [1.807, 2.05) is 6.33 Å². The second-order valence-corrected chi connectivity index (χ2v) is 4.99. The van der Waals surface area contributed by atoms with Crippen LogP contribution in [-0.2, 0) is 13.1 Å². The zero-order chi connectivity index (χ0) is 11.0. The number of imidazole rings is 1. The van der Waals surface area contributed by atoms with E-state index in [0.29, 0.717) is 12.0 Å². The van der Waals surface area contributed by atoms with Gasteiger partial charge in [-0.1, -0.05) is 13.8 Å². The summed E-state index contributed by atoms with van der Waals surface area (Å²) in [6.45, 7) is 12.3. The van der Waals surface area contributed by atoms with Gasteiger partial charge < -0.3 is 4.57 Å². The Labute approximate surface area is 92.1 Å². The normalized spacial score (nSPS) is 17.5. The van der Waals surface area contributed by atoms with Gasteiger partial charge in [0.05, 0.1) is 17.7 Å². The monoisotopic (exact) mass is 207 g/mol. The SMILES string of the molecule is CC(C)c1ncn2c1CN(C(C)C)CC2. The summed E-state index contributed by atoms with van der Waals surface area (Å²) in [6.07, 6.45) is 2.00. The van der Waals surface area contributed by atoms with Crippen molar-refractivity contribution in [3.8, 4) is 0 Å². The van der Waals surface area contributed by atoms with Crippen LogP contribution in [0.4, 0.5) is 0 Å². The van der Waals surface area contributed by atoms with Crippen molar-refractivity contribution in [2.75, 3.05) is 6.54 Å². The van der Waals surface area contributed by atoms with Crippen LogP contribution < -0.4 is 0 Å². The molecule has 1 aliphatic heterocycles. The van der Waals surface area contributed by atoms with Crippen LogP contribution in [0.5, 0.6) is 0 Å². The average Bonchev–Trinajstić information content (AvgIpc) is 2.59. The highest BCUT2D eigenvalue weighted by Crippen LogP contribution is 2.23. The highest BCUT2D eigenvalue weighted by Gasteiger charge is 2.22. The molecule has 0 saturated carbocycles. The van der Waals surface area contributed by atoms with Crippen molar-refractivity contribution in [3.05, 3.63) is 17.7 Å². The molecule has 0 saturated heterocycles. The molecular weight excluding hydrogens is 186 g/mol. The molecule has 1 aliphatic rings. The van der Waals surface area contributed by atoms with E-state index in [1.54, 1.807) is 0 Å². The first-order chi connectivity index (χ1) is 7.09. The first kappa shape index (κ1) is 10.7. The molecule has 84 valence electrons. The number of nitrogens with zero attached hydrogens (tertiary/aromatic N) is 3. The number of fused-ring (bicyclic) bond motifs is 1. The van der Waals surface area contributed by atoms with Gasteiger partial charge in [-0.2, -0.15) is 0 Å². The molecule has 0 N–H and O–H groups in total.